The lowest BCUT2D eigenvalue weighted by Gasteiger charge is -2.12. The van der Waals surface area contributed by atoms with Gasteiger partial charge in [-0.1, -0.05) is 20.8 Å². The summed E-state index contributed by atoms with van der Waals surface area (Å²) in [5.41, 5.74) is 2.21. The Morgan fingerprint density at radius 3 is 2.74 bits per heavy atom. The average molecular weight is 282 g/mol. The van der Waals surface area contributed by atoms with Gasteiger partial charge in [-0.25, -0.2) is 0 Å². The Bertz CT molecular complexity index is 422. The van der Waals surface area contributed by atoms with Crippen molar-refractivity contribution >= 4 is 23.1 Å². The number of nitrogens with one attached hydrogen (secondary N) is 1. The van der Waals surface area contributed by atoms with E-state index in [1.54, 1.807) is 12.1 Å². The molecule has 0 saturated heterocycles. The van der Waals surface area contributed by atoms with Crippen molar-refractivity contribution in [3.8, 4) is 0 Å². The topological polar surface area (TPSA) is 55.2 Å². The zero-order valence-electron chi connectivity index (χ0n) is 11.8. The summed E-state index contributed by atoms with van der Waals surface area (Å²) in [6.07, 6.45) is 1.04. The normalized spacial score (nSPS) is 10.7. The van der Waals surface area contributed by atoms with Gasteiger partial charge in [-0.15, -0.1) is 0 Å². The Hall–Kier alpha value is -1.23. The van der Waals surface area contributed by atoms with Crippen LogP contribution in [0, 0.1) is 16.0 Å². The van der Waals surface area contributed by atoms with Gasteiger partial charge in [0.2, 0.25) is 0 Å². The maximum absolute atomic E-state index is 10.8. The van der Waals surface area contributed by atoms with Crippen molar-refractivity contribution in [2.75, 3.05) is 17.6 Å². The van der Waals surface area contributed by atoms with Gasteiger partial charge in [0, 0.05) is 30.1 Å². The molecule has 1 rings (SSSR count). The molecule has 0 aliphatic carbocycles. The van der Waals surface area contributed by atoms with E-state index in [-0.39, 0.29) is 10.6 Å². The molecule has 0 fully saturated rings. The van der Waals surface area contributed by atoms with Crippen molar-refractivity contribution in [1.82, 2.24) is 0 Å². The molecule has 0 aliphatic rings. The first-order chi connectivity index (χ1) is 9.04. The predicted molar refractivity (Wildman–Crippen MR) is 82.9 cm³/mol. The van der Waals surface area contributed by atoms with E-state index in [4.69, 9.17) is 0 Å². The molecule has 19 heavy (non-hydrogen) atoms. The summed E-state index contributed by atoms with van der Waals surface area (Å²) in [5, 5.41) is 14.2. The second kappa shape index (κ2) is 8.04. The second-order valence-corrected chi connectivity index (χ2v) is 5.96. The van der Waals surface area contributed by atoms with Crippen LogP contribution in [-0.2, 0) is 5.75 Å². The maximum Gasteiger partial charge on any atom is 0.269 e. The van der Waals surface area contributed by atoms with Crippen molar-refractivity contribution in [1.29, 1.82) is 0 Å². The fourth-order valence-corrected chi connectivity index (χ4v) is 2.70. The summed E-state index contributed by atoms with van der Waals surface area (Å²) in [5.74, 6) is 2.51. The van der Waals surface area contributed by atoms with Crippen LogP contribution >= 0.6 is 11.8 Å². The first-order valence-corrected chi connectivity index (χ1v) is 7.79. The summed E-state index contributed by atoms with van der Waals surface area (Å²) in [7, 11) is 0. The van der Waals surface area contributed by atoms with Crippen molar-refractivity contribution in [3.05, 3.63) is 33.9 Å². The fourth-order valence-electron chi connectivity index (χ4n) is 1.65. The van der Waals surface area contributed by atoms with Gasteiger partial charge in [0.15, 0.2) is 0 Å². The number of nitrogens with zero attached hydrogens (tertiary/aromatic N) is 1. The lowest BCUT2D eigenvalue weighted by molar-refractivity contribution is -0.384. The molecule has 0 amide bonds. The lowest BCUT2D eigenvalue weighted by Crippen LogP contribution is -2.04. The molecule has 0 radical (unpaired) electrons. The van der Waals surface area contributed by atoms with E-state index in [0.29, 0.717) is 5.92 Å². The fraction of sp³-hybridized carbons (Fsp3) is 0.571. The van der Waals surface area contributed by atoms with Crippen LogP contribution in [0.2, 0.25) is 0 Å². The summed E-state index contributed by atoms with van der Waals surface area (Å²) < 4.78 is 0. The van der Waals surface area contributed by atoms with Crippen LogP contribution in [0.15, 0.2) is 18.2 Å². The molecule has 1 aromatic rings. The molecule has 1 N–H and O–H groups in total. The van der Waals surface area contributed by atoms with Crippen LogP contribution in [0.1, 0.15) is 32.8 Å². The molecular formula is C14H22N2O2S. The van der Waals surface area contributed by atoms with E-state index in [1.807, 2.05) is 17.8 Å². The van der Waals surface area contributed by atoms with E-state index in [2.05, 4.69) is 26.1 Å². The van der Waals surface area contributed by atoms with Crippen LogP contribution in [-0.4, -0.2) is 17.2 Å². The molecule has 0 heterocycles. The number of anilines is 1. The average Bonchev–Trinajstić information content (AvgIpc) is 2.36. The van der Waals surface area contributed by atoms with E-state index < -0.39 is 0 Å². The Labute approximate surface area is 119 Å². The van der Waals surface area contributed by atoms with Gasteiger partial charge in [0.05, 0.1) is 4.92 Å². The Morgan fingerprint density at radius 2 is 2.16 bits per heavy atom. The van der Waals surface area contributed by atoms with Crippen LogP contribution in [0.25, 0.3) is 0 Å². The number of benzene rings is 1. The maximum atomic E-state index is 10.8. The van der Waals surface area contributed by atoms with Crippen LogP contribution in [0.5, 0.6) is 0 Å². The number of non-ortho nitro benzene ring substituents is 1. The molecule has 0 spiro atoms. The molecule has 0 aliphatic heterocycles. The monoisotopic (exact) mass is 282 g/mol. The molecule has 106 valence electrons. The molecule has 0 atom stereocenters. The summed E-state index contributed by atoms with van der Waals surface area (Å²) in [4.78, 5) is 10.5. The van der Waals surface area contributed by atoms with E-state index in [9.17, 15) is 10.1 Å². The molecule has 0 bridgehead atoms. The minimum atomic E-state index is -0.333. The second-order valence-electron chi connectivity index (χ2n) is 4.93. The molecule has 5 heteroatoms. The molecule has 0 unspecified atom stereocenters. The first-order valence-electron chi connectivity index (χ1n) is 6.63. The third kappa shape index (κ3) is 5.51. The number of rotatable bonds is 8. The SMILES string of the molecule is CCCNc1ccc([N+](=O)[O-])cc1CSCC(C)C. The number of nitro benzene ring substituents is 1. The third-order valence-corrected chi connectivity index (χ3v) is 3.99. The van der Waals surface area contributed by atoms with Crippen LogP contribution in [0.4, 0.5) is 11.4 Å². The minimum absolute atomic E-state index is 0.169. The Morgan fingerprint density at radius 1 is 1.42 bits per heavy atom. The Balaban J connectivity index is 2.81. The van der Waals surface area contributed by atoms with Crippen LogP contribution < -0.4 is 5.32 Å². The van der Waals surface area contributed by atoms with Gasteiger partial charge in [0.1, 0.15) is 0 Å². The van der Waals surface area contributed by atoms with Gasteiger partial charge in [-0.05, 0) is 29.7 Å². The van der Waals surface area contributed by atoms with Crippen molar-refractivity contribution in [2.24, 2.45) is 5.92 Å². The quantitative estimate of drug-likeness (QED) is 0.570. The van der Waals surface area contributed by atoms with E-state index in [0.717, 1.165) is 35.7 Å². The Kier molecular flexibility index (Phi) is 6.70. The number of nitro groups is 1. The summed E-state index contributed by atoms with van der Waals surface area (Å²) in [6.45, 7) is 7.35. The van der Waals surface area contributed by atoms with Crippen molar-refractivity contribution < 1.29 is 4.92 Å². The van der Waals surface area contributed by atoms with Crippen molar-refractivity contribution in [3.63, 3.8) is 0 Å². The number of hydrogen-bond acceptors (Lipinski definition) is 4. The van der Waals surface area contributed by atoms with Gasteiger partial charge < -0.3 is 5.32 Å². The third-order valence-electron chi connectivity index (χ3n) is 2.57. The van der Waals surface area contributed by atoms with Crippen LogP contribution in [0.3, 0.4) is 0 Å². The van der Waals surface area contributed by atoms with Gasteiger partial charge in [-0.3, -0.25) is 10.1 Å². The smallest absolute Gasteiger partial charge is 0.269 e. The molecule has 0 saturated carbocycles. The first kappa shape index (κ1) is 15.8. The molecular weight excluding hydrogens is 260 g/mol. The summed E-state index contributed by atoms with van der Waals surface area (Å²) in [6, 6.07) is 5.07. The minimum Gasteiger partial charge on any atom is -0.385 e. The van der Waals surface area contributed by atoms with Gasteiger partial charge in [-0.2, -0.15) is 11.8 Å². The highest BCUT2D eigenvalue weighted by Gasteiger charge is 2.10. The van der Waals surface area contributed by atoms with E-state index in [1.165, 1.54) is 0 Å². The molecule has 4 nitrogen and oxygen atoms in total. The zero-order valence-corrected chi connectivity index (χ0v) is 12.6. The van der Waals surface area contributed by atoms with Crippen molar-refractivity contribution in [2.45, 2.75) is 32.9 Å². The number of hydrogen-bond donors (Lipinski definition) is 1. The highest BCUT2D eigenvalue weighted by Crippen LogP contribution is 2.26. The highest BCUT2D eigenvalue weighted by molar-refractivity contribution is 7.98. The predicted octanol–water partition coefficient (Wildman–Crippen LogP) is 4.31. The molecule has 0 aromatic heterocycles. The van der Waals surface area contributed by atoms with E-state index >= 15 is 0 Å². The largest absolute Gasteiger partial charge is 0.385 e. The number of thioether (sulfide) groups is 1. The van der Waals surface area contributed by atoms with Gasteiger partial charge >= 0.3 is 0 Å². The van der Waals surface area contributed by atoms with Gasteiger partial charge in [0.25, 0.3) is 5.69 Å². The lowest BCUT2D eigenvalue weighted by atomic mass is 10.1. The zero-order chi connectivity index (χ0) is 14.3. The highest BCUT2D eigenvalue weighted by atomic mass is 32.2. The molecule has 1 aromatic carbocycles. The standard InChI is InChI=1S/C14H22N2O2S/c1-4-7-15-14-6-5-13(16(17)18)8-12(14)10-19-9-11(2)3/h5-6,8,11,15H,4,7,9-10H2,1-3H3. The summed E-state index contributed by atoms with van der Waals surface area (Å²) >= 11 is 1.82.